The van der Waals surface area contributed by atoms with Gasteiger partial charge in [0, 0.05) is 12.6 Å². The summed E-state index contributed by atoms with van der Waals surface area (Å²) in [6, 6.07) is 5.12. The smallest absolute Gasteiger partial charge is 0.307 e. The highest BCUT2D eigenvalue weighted by Gasteiger charge is 2.34. The molecule has 132 valence electrons. The van der Waals surface area contributed by atoms with E-state index in [0.29, 0.717) is 12.0 Å². The van der Waals surface area contributed by atoms with E-state index in [4.69, 9.17) is 0 Å². The lowest BCUT2D eigenvalue weighted by atomic mass is 10.1. The molecular formula is C16H20FNO5S. The van der Waals surface area contributed by atoms with Crippen molar-refractivity contribution in [2.24, 2.45) is 0 Å². The first-order valence-corrected chi connectivity index (χ1v) is 9.44. The molecule has 8 heteroatoms. The molecule has 1 saturated heterocycles. The second-order valence-electron chi connectivity index (χ2n) is 5.77. The number of nitrogens with zero attached hydrogens (tertiary/aromatic N) is 1. The Kier molecular flexibility index (Phi) is 5.93. The van der Waals surface area contributed by atoms with Crippen LogP contribution in [-0.2, 0) is 30.6 Å². The van der Waals surface area contributed by atoms with Gasteiger partial charge in [-0.05, 0) is 24.1 Å². The van der Waals surface area contributed by atoms with Gasteiger partial charge in [-0.25, -0.2) is 12.8 Å². The molecule has 0 spiro atoms. The third-order valence-electron chi connectivity index (χ3n) is 4.02. The Morgan fingerprint density at radius 1 is 1.29 bits per heavy atom. The standard InChI is InChI=1S/C16H20FNO5S/c1-23-16(20)6-8-18(14-7-9-24(21,22)11-14)15(19)10-12-2-4-13(17)5-3-12/h2-5,14H,6-11H2,1H3/t14-/m1/s1. The number of ether oxygens (including phenoxy) is 1. The molecule has 0 N–H and O–H groups in total. The summed E-state index contributed by atoms with van der Waals surface area (Å²) in [5, 5.41) is 0. The fourth-order valence-corrected chi connectivity index (χ4v) is 4.46. The van der Waals surface area contributed by atoms with Crippen molar-refractivity contribution in [3.63, 3.8) is 0 Å². The van der Waals surface area contributed by atoms with Crippen LogP contribution in [0.3, 0.4) is 0 Å². The van der Waals surface area contributed by atoms with Gasteiger partial charge < -0.3 is 9.64 Å². The Labute approximate surface area is 140 Å². The largest absolute Gasteiger partial charge is 0.469 e. The quantitative estimate of drug-likeness (QED) is 0.708. The zero-order chi connectivity index (χ0) is 17.7. The van der Waals surface area contributed by atoms with Gasteiger partial charge in [0.15, 0.2) is 9.84 Å². The zero-order valence-corrected chi connectivity index (χ0v) is 14.2. The molecule has 0 bridgehead atoms. The lowest BCUT2D eigenvalue weighted by Gasteiger charge is -2.28. The van der Waals surface area contributed by atoms with Crippen LogP contribution in [0, 0.1) is 5.82 Å². The number of halogens is 1. The fraction of sp³-hybridized carbons (Fsp3) is 0.500. The molecular weight excluding hydrogens is 337 g/mol. The third-order valence-corrected chi connectivity index (χ3v) is 5.77. The summed E-state index contributed by atoms with van der Waals surface area (Å²) in [4.78, 5) is 25.4. The molecule has 1 aromatic carbocycles. The number of rotatable bonds is 6. The van der Waals surface area contributed by atoms with Crippen LogP contribution in [0.5, 0.6) is 0 Å². The van der Waals surface area contributed by atoms with Crippen molar-refractivity contribution in [1.82, 2.24) is 4.90 Å². The summed E-state index contributed by atoms with van der Waals surface area (Å²) in [7, 11) is -1.90. The van der Waals surface area contributed by atoms with E-state index in [1.54, 1.807) is 0 Å². The molecule has 0 radical (unpaired) electrons. The van der Waals surface area contributed by atoms with E-state index in [0.717, 1.165) is 0 Å². The molecule has 2 rings (SSSR count). The van der Waals surface area contributed by atoms with Crippen LogP contribution in [0.4, 0.5) is 4.39 Å². The van der Waals surface area contributed by atoms with Crippen LogP contribution in [-0.4, -0.2) is 56.4 Å². The summed E-state index contributed by atoms with van der Waals surface area (Å²) in [5.74, 6) is -1.20. The first kappa shape index (κ1) is 18.4. The van der Waals surface area contributed by atoms with Crippen molar-refractivity contribution in [1.29, 1.82) is 0 Å². The number of esters is 1. The number of amides is 1. The summed E-state index contributed by atoms with van der Waals surface area (Å²) in [6.07, 6.45) is 0.388. The molecule has 0 aromatic heterocycles. The molecule has 6 nitrogen and oxygen atoms in total. The first-order chi connectivity index (χ1) is 11.3. The predicted octanol–water partition coefficient (Wildman–Crippen LogP) is 0.947. The van der Waals surface area contributed by atoms with E-state index in [2.05, 4.69) is 4.74 Å². The van der Waals surface area contributed by atoms with E-state index in [-0.39, 0.29) is 36.8 Å². The number of hydrogen-bond acceptors (Lipinski definition) is 5. The van der Waals surface area contributed by atoms with E-state index >= 15 is 0 Å². The Morgan fingerprint density at radius 3 is 2.50 bits per heavy atom. The normalized spacial score (nSPS) is 19.0. The topological polar surface area (TPSA) is 80.8 Å². The maximum atomic E-state index is 12.9. The minimum absolute atomic E-state index is 0.00219. The molecule has 1 aromatic rings. The molecule has 0 saturated carbocycles. The van der Waals surface area contributed by atoms with Gasteiger partial charge in [0.1, 0.15) is 5.82 Å². The van der Waals surface area contributed by atoms with Gasteiger partial charge in [0.25, 0.3) is 0 Å². The number of carbonyl (C=O) groups is 2. The molecule has 0 unspecified atom stereocenters. The van der Waals surface area contributed by atoms with Crippen molar-refractivity contribution < 1.29 is 27.1 Å². The number of sulfone groups is 1. The van der Waals surface area contributed by atoms with Crippen molar-refractivity contribution >= 4 is 21.7 Å². The van der Waals surface area contributed by atoms with E-state index in [9.17, 15) is 22.4 Å². The average Bonchev–Trinajstić information content (AvgIpc) is 2.89. The van der Waals surface area contributed by atoms with Gasteiger partial charge in [0.05, 0.1) is 31.5 Å². The summed E-state index contributed by atoms with van der Waals surface area (Å²) in [5.41, 5.74) is 0.630. The predicted molar refractivity (Wildman–Crippen MR) is 85.5 cm³/mol. The lowest BCUT2D eigenvalue weighted by molar-refractivity contribution is -0.142. The minimum Gasteiger partial charge on any atom is -0.469 e. The molecule has 24 heavy (non-hydrogen) atoms. The highest BCUT2D eigenvalue weighted by atomic mass is 32.2. The van der Waals surface area contributed by atoms with E-state index in [1.807, 2.05) is 0 Å². The SMILES string of the molecule is COC(=O)CCN(C(=O)Cc1ccc(F)cc1)[C@@H]1CCS(=O)(=O)C1. The monoisotopic (exact) mass is 357 g/mol. The van der Waals surface area contributed by atoms with Gasteiger partial charge in [-0.1, -0.05) is 12.1 Å². The summed E-state index contributed by atoms with van der Waals surface area (Å²) >= 11 is 0. The van der Waals surface area contributed by atoms with Gasteiger partial charge in [0.2, 0.25) is 5.91 Å². The van der Waals surface area contributed by atoms with E-state index < -0.39 is 27.7 Å². The van der Waals surface area contributed by atoms with Crippen LogP contribution in [0.2, 0.25) is 0 Å². The highest BCUT2D eigenvalue weighted by Crippen LogP contribution is 2.19. The minimum atomic E-state index is -3.16. The Hall–Kier alpha value is -1.96. The van der Waals surface area contributed by atoms with Gasteiger partial charge in [-0.3, -0.25) is 9.59 Å². The van der Waals surface area contributed by atoms with E-state index in [1.165, 1.54) is 36.3 Å². The third kappa shape index (κ3) is 5.02. The number of methoxy groups -OCH3 is 1. The van der Waals surface area contributed by atoms with Crippen molar-refractivity contribution in [3.8, 4) is 0 Å². The summed E-state index contributed by atoms with van der Waals surface area (Å²) < 4.78 is 40.9. The van der Waals surface area contributed by atoms with Crippen LogP contribution in [0.1, 0.15) is 18.4 Å². The van der Waals surface area contributed by atoms with Gasteiger partial charge in [-0.15, -0.1) is 0 Å². The molecule has 1 fully saturated rings. The molecule has 1 heterocycles. The molecule has 1 atom stereocenters. The van der Waals surface area contributed by atoms with Crippen LogP contribution < -0.4 is 0 Å². The fourth-order valence-electron chi connectivity index (χ4n) is 2.72. The Bertz CT molecular complexity index is 702. The number of benzene rings is 1. The molecule has 0 aliphatic carbocycles. The molecule has 1 aliphatic rings. The lowest BCUT2D eigenvalue weighted by Crippen LogP contribution is -2.43. The highest BCUT2D eigenvalue weighted by molar-refractivity contribution is 7.91. The second-order valence-corrected chi connectivity index (χ2v) is 8.00. The summed E-state index contributed by atoms with van der Waals surface area (Å²) in [6.45, 7) is 0.104. The first-order valence-electron chi connectivity index (χ1n) is 7.62. The van der Waals surface area contributed by atoms with Crippen molar-refractivity contribution in [3.05, 3.63) is 35.6 Å². The van der Waals surface area contributed by atoms with Crippen molar-refractivity contribution in [2.75, 3.05) is 25.2 Å². The zero-order valence-electron chi connectivity index (χ0n) is 13.4. The second kappa shape index (κ2) is 7.74. The molecule has 1 aliphatic heterocycles. The Balaban J connectivity index is 2.10. The van der Waals surface area contributed by atoms with Crippen LogP contribution >= 0.6 is 0 Å². The maximum absolute atomic E-state index is 12.9. The Morgan fingerprint density at radius 2 is 1.96 bits per heavy atom. The maximum Gasteiger partial charge on any atom is 0.307 e. The average molecular weight is 357 g/mol. The van der Waals surface area contributed by atoms with Crippen LogP contribution in [0.15, 0.2) is 24.3 Å². The van der Waals surface area contributed by atoms with Crippen molar-refractivity contribution in [2.45, 2.75) is 25.3 Å². The van der Waals surface area contributed by atoms with Gasteiger partial charge >= 0.3 is 5.97 Å². The molecule has 1 amide bonds. The van der Waals surface area contributed by atoms with Gasteiger partial charge in [-0.2, -0.15) is 0 Å². The van der Waals surface area contributed by atoms with Crippen LogP contribution in [0.25, 0.3) is 0 Å². The number of hydrogen-bond donors (Lipinski definition) is 0. The number of carbonyl (C=O) groups excluding carboxylic acids is 2.